The average Bonchev–Trinajstić information content (AvgIpc) is 3.69. The number of benzene rings is 8. The first-order valence-electron chi connectivity index (χ1n) is 16.0. The molecule has 0 aliphatic rings. The van der Waals surface area contributed by atoms with Gasteiger partial charge < -0.3 is 13.9 Å². The second-order valence-corrected chi connectivity index (χ2v) is 12.2. The van der Waals surface area contributed by atoms with Crippen LogP contribution >= 0.6 is 0 Å². The maximum Gasteiger partial charge on any atom is 0.159 e. The van der Waals surface area contributed by atoms with Gasteiger partial charge in [0.15, 0.2) is 5.58 Å². The molecule has 0 atom stereocenters. The molecule has 0 saturated heterocycles. The summed E-state index contributed by atoms with van der Waals surface area (Å²) in [5.74, 6) is 0. The van der Waals surface area contributed by atoms with Crippen LogP contribution in [-0.2, 0) is 0 Å². The highest BCUT2D eigenvalue weighted by atomic mass is 16.3. The summed E-state index contributed by atoms with van der Waals surface area (Å²) in [5.41, 5.74) is 8.43. The molecule has 2 heterocycles. The zero-order valence-corrected chi connectivity index (χ0v) is 25.5. The summed E-state index contributed by atoms with van der Waals surface area (Å²) in [6.07, 6.45) is 0. The molecular weight excluding hydrogens is 572 g/mol. The van der Waals surface area contributed by atoms with Crippen molar-refractivity contribution in [3.05, 3.63) is 170 Å². The Kier molecular flexibility index (Phi) is 5.57. The van der Waals surface area contributed by atoms with Gasteiger partial charge in [-0.15, -0.1) is 0 Å². The maximum absolute atomic E-state index is 6.78. The van der Waals surface area contributed by atoms with Gasteiger partial charge in [-0.05, 0) is 82.2 Å². The highest BCUT2D eigenvalue weighted by molar-refractivity contribution is 6.21. The van der Waals surface area contributed by atoms with Gasteiger partial charge in [0.1, 0.15) is 5.58 Å². The summed E-state index contributed by atoms with van der Waals surface area (Å²) in [7, 11) is 0. The van der Waals surface area contributed by atoms with E-state index in [1.54, 1.807) is 0 Å². The lowest BCUT2D eigenvalue weighted by molar-refractivity contribution is 0.669. The van der Waals surface area contributed by atoms with E-state index in [0.29, 0.717) is 0 Å². The minimum Gasteiger partial charge on any atom is -0.454 e. The van der Waals surface area contributed by atoms with Gasteiger partial charge in [-0.2, -0.15) is 0 Å². The molecule has 0 saturated carbocycles. The molecule has 0 radical (unpaired) electrons. The lowest BCUT2D eigenvalue weighted by atomic mass is 10.0. The molecule has 8 aromatic carbocycles. The van der Waals surface area contributed by atoms with Gasteiger partial charge in [-0.25, -0.2) is 0 Å². The van der Waals surface area contributed by atoms with Gasteiger partial charge in [0.05, 0.1) is 16.7 Å². The van der Waals surface area contributed by atoms with Crippen LogP contribution in [0.15, 0.2) is 174 Å². The largest absolute Gasteiger partial charge is 0.454 e. The van der Waals surface area contributed by atoms with E-state index in [4.69, 9.17) is 4.42 Å². The molecule has 10 aromatic rings. The van der Waals surface area contributed by atoms with Gasteiger partial charge in [-0.1, -0.05) is 109 Å². The number of furan rings is 1. The molecule has 3 nitrogen and oxygen atoms in total. The normalized spacial score (nSPS) is 11.8. The lowest BCUT2D eigenvalue weighted by Gasteiger charge is -2.26. The Morgan fingerprint density at radius 2 is 1.09 bits per heavy atom. The summed E-state index contributed by atoms with van der Waals surface area (Å²) >= 11 is 0. The van der Waals surface area contributed by atoms with Crippen molar-refractivity contribution in [2.75, 3.05) is 4.90 Å². The Morgan fingerprint density at radius 1 is 0.426 bits per heavy atom. The molecule has 0 bridgehead atoms. The number of rotatable bonds is 4. The average molecular weight is 601 g/mol. The van der Waals surface area contributed by atoms with Crippen molar-refractivity contribution in [1.82, 2.24) is 4.57 Å². The molecule has 0 aliphatic carbocycles. The van der Waals surface area contributed by atoms with Crippen LogP contribution < -0.4 is 4.90 Å². The zero-order chi connectivity index (χ0) is 30.9. The van der Waals surface area contributed by atoms with E-state index in [1.165, 1.54) is 43.4 Å². The third kappa shape index (κ3) is 3.93. The standard InChI is InChI=1S/C44H28N2O/c1-2-14-32(15-3-1)46-39-19-9-8-17-36(39)38-28-34(24-25-40(38)46)45(33-23-21-29-11-4-5-13-31(29)27-33)41-20-10-18-37-43-35-16-7-6-12-30(35)22-26-42(43)47-44(37)41/h1-28H. The van der Waals surface area contributed by atoms with E-state index >= 15 is 0 Å². The van der Waals surface area contributed by atoms with Crippen molar-refractivity contribution in [2.45, 2.75) is 0 Å². The number of aromatic nitrogens is 1. The van der Waals surface area contributed by atoms with Crippen LogP contribution in [-0.4, -0.2) is 4.57 Å². The number of nitrogens with zero attached hydrogens (tertiary/aromatic N) is 2. The van der Waals surface area contributed by atoms with Crippen LogP contribution in [0.3, 0.4) is 0 Å². The molecule has 2 aromatic heterocycles. The Bertz CT molecular complexity index is 2810. The number of para-hydroxylation sites is 3. The maximum atomic E-state index is 6.78. The first kappa shape index (κ1) is 26.0. The Labute approximate surface area is 271 Å². The molecular formula is C44H28N2O. The molecule has 0 aliphatic heterocycles. The predicted molar refractivity (Wildman–Crippen MR) is 198 cm³/mol. The third-order valence-electron chi connectivity index (χ3n) is 9.53. The predicted octanol–water partition coefficient (Wildman–Crippen LogP) is 12.5. The van der Waals surface area contributed by atoms with Gasteiger partial charge in [0.25, 0.3) is 0 Å². The first-order chi connectivity index (χ1) is 23.3. The lowest BCUT2D eigenvalue weighted by Crippen LogP contribution is -2.10. The molecule has 0 unspecified atom stereocenters. The van der Waals surface area contributed by atoms with Crippen molar-refractivity contribution >= 4 is 82.4 Å². The SMILES string of the molecule is c1ccc(-n2c3ccccc3c3cc(N(c4ccc5ccccc5c4)c4cccc5c4oc4ccc6ccccc6c45)ccc32)cc1. The fraction of sp³-hybridized carbons (Fsp3) is 0. The monoisotopic (exact) mass is 600 g/mol. The third-order valence-corrected chi connectivity index (χ3v) is 9.53. The van der Waals surface area contributed by atoms with E-state index in [0.717, 1.165) is 44.7 Å². The first-order valence-corrected chi connectivity index (χ1v) is 16.0. The number of hydrogen-bond acceptors (Lipinski definition) is 2. The Balaban J connectivity index is 1.27. The molecule has 0 spiro atoms. The molecule has 10 rings (SSSR count). The van der Waals surface area contributed by atoms with Gasteiger partial charge in [0.2, 0.25) is 0 Å². The van der Waals surface area contributed by atoms with Crippen molar-refractivity contribution in [2.24, 2.45) is 0 Å². The van der Waals surface area contributed by atoms with E-state index in [9.17, 15) is 0 Å². The second kappa shape index (κ2) is 10.1. The zero-order valence-electron chi connectivity index (χ0n) is 25.5. The summed E-state index contributed by atoms with van der Waals surface area (Å²) in [4.78, 5) is 2.35. The molecule has 0 N–H and O–H groups in total. The van der Waals surface area contributed by atoms with Crippen LogP contribution in [0.5, 0.6) is 0 Å². The van der Waals surface area contributed by atoms with E-state index in [1.807, 2.05) is 0 Å². The molecule has 0 fully saturated rings. The minimum absolute atomic E-state index is 0.874. The van der Waals surface area contributed by atoms with Crippen LogP contribution in [0, 0.1) is 0 Å². The highest BCUT2D eigenvalue weighted by Gasteiger charge is 2.22. The van der Waals surface area contributed by atoms with Crippen molar-refractivity contribution in [1.29, 1.82) is 0 Å². The fourth-order valence-corrected chi connectivity index (χ4v) is 7.43. The van der Waals surface area contributed by atoms with Crippen LogP contribution in [0.25, 0.3) is 71.0 Å². The second-order valence-electron chi connectivity index (χ2n) is 12.2. The quantitative estimate of drug-likeness (QED) is 0.200. The summed E-state index contributed by atoms with van der Waals surface area (Å²) in [5, 5.41) is 9.51. The van der Waals surface area contributed by atoms with Crippen molar-refractivity contribution in [3.63, 3.8) is 0 Å². The minimum atomic E-state index is 0.874. The van der Waals surface area contributed by atoms with Crippen molar-refractivity contribution < 1.29 is 4.42 Å². The summed E-state index contributed by atoms with van der Waals surface area (Å²) in [6, 6.07) is 60.7. The van der Waals surface area contributed by atoms with Gasteiger partial charge >= 0.3 is 0 Å². The van der Waals surface area contributed by atoms with Crippen LogP contribution in [0.1, 0.15) is 0 Å². The summed E-state index contributed by atoms with van der Waals surface area (Å²) in [6.45, 7) is 0. The van der Waals surface area contributed by atoms with Gasteiger partial charge in [0, 0.05) is 38.6 Å². The van der Waals surface area contributed by atoms with E-state index in [2.05, 4.69) is 179 Å². The smallest absolute Gasteiger partial charge is 0.159 e. The number of hydrogen-bond donors (Lipinski definition) is 0. The molecule has 3 heteroatoms. The van der Waals surface area contributed by atoms with Crippen LogP contribution in [0.4, 0.5) is 17.1 Å². The topological polar surface area (TPSA) is 21.3 Å². The molecule has 220 valence electrons. The number of anilines is 3. The van der Waals surface area contributed by atoms with E-state index in [-0.39, 0.29) is 0 Å². The Morgan fingerprint density at radius 3 is 1.98 bits per heavy atom. The van der Waals surface area contributed by atoms with Crippen LogP contribution in [0.2, 0.25) is 0 Å². The van der Waals surface area contributed by atoms with Gasteiger partial charge in [-0.3, -0.25) is 0 Å². The van der Waals surface area contributed by atoms with Crippen molar-refractivity contribution in [3.8, 4) is 5.69 Å². The summed E-state index contributed by atoms with van der Waals surface area (Å²) < 4.78 is 9.14. The fourth-order valence-electron chi connectivity index (χ4n) is 7.43. The van der Waals surface area contributed by atoms with E-state index < -0.39 is 0 Å². The molecule has 47 heavy (non-hydrogen) atoms. The molecule has 0 amide bonds. The number of fused-ring (bicyclic) bond motifs is 9. The highest BCUT2D eigenvalue weighted by Crippen LogP contribution is 2.45. The Hall–Kier alpha value is -6.32.